The van der Waals surface area contributed by atoms with Gasteiger partial charge in [0, 0.05) is 13.1 Å². The predicted molar refractivity (Wildman–Crippen MR) is 71.4 cm³/mol. The molecule has 1 saturated carbocycles. The van der Waals surface area contributed by atoms with Gasteiger partial charge >= 0.3 is 0 Å². The molecule has 106 valence electrons. The van der Waals surface area contributed by atoms with E-state index in [1.54, 1.807) is 0 Å². The molecule has 6 heteroatoms. The second-order valence-corrected chi connectivity index (χ2v) is 6.87. The Kier molecular flexibility index (Phi) is 3.94. The molecule has 0 unspecified atom stereocenters. The summed E-state index contributed by atoms with van der Waals surface area (Å²) in [6, 6.07) is 3.66. The van der Waals surface area contributed by atoms with E-state index in [2.05, 4.69) is 11.6 Å². The number of nitrogens with one attached hydrogen (secondary N) is 1. The first-order valence-electron chi connectivity index (χ1n) is 6.41. The fourth-order valence-corrected chi connectivity index (χ4v) is 3.52. The van der Waals surface area contributed by atoms with Crippen molar-refractivity contribution in [3.05, 3.63) is 29.6 Å². The summed E-state index contributed by atoms with van der Waals surface area (Å²) in [6.07, 6.45) is 3.03. The van der Waals surface area contributed by atoms with Gasteiger partial charge in [-0.05, 0) is 42.4 Å². The van der Waals surface area contributed by atoms with Crippen LogP contribution in [0.4, 0.5) is 4.39 Å². The highest BCUT2D eigenvalue weighted by atomic mass is 32.2. The summed E-state index contributed by atoms with van der Waals surface area (Å²) in [5, 5.41) is 0. The molecule has 4 nitrogen and oxygen atoms in total. The third-order valence-corrected chi connectivity index (χ3v) is 5.37. The molecule has 0 bridgehead atoms. The summed E-state index contributed by atoms with van der Waals surface area (Å²) in [4.78, 5) is -0.0538. The lowest BCUT2D eigenvalue weighted by Crippen LogP contribution is -2.31. The van der Waals surface area contributed by atoms with Gasteiger partial charge in [0.25, 0.3) is 0 Å². The average Bonchev–Trinajstić information content (AvgIpc) is 3.17. The van der Waals surface area contributed by atoms with Gasteiger partial charge in [0.15, 0.2) is 0 Å². The van der Waals surface area contributed by atoms with E-state index in [0.29, 0.717) is 12.1 Å². The molecule has 1 fully saturated rings. The van der Waals surface area contributed by atoms with Crippen molar-refractivity contribution < 1.29 is 12.8 Å². The molecule has 19 heavy (non-hydrogen) atoms. The van der Waals surface area contributed by atoms with E-state index >= 15 is 0 Å². The Labute approximate surface area is 113 Å². The lowest BCUT2D eigenvalue weighted by Gasteiger charge is -2.15. The number of benzene rings is 1. The number of hydrogen-bond donors (Lipinski definition) is 2. The number of halogens is 1. The zero-order valence-electron chi connectivity index (χ0n) is 10.9. The minimum atomic E-state index is -3.70. The molecule has 0 amide bonds. The summed E-state index contributed by atoms with van der Waals surface area (Å²) in [5.41, 5.74) is 6.03. The van der Waals surface area contributed by atoms with Crippen LogP contribution in [0.5, 0.6) is 0 Å². The summed E-state index contributed by atoms with van der Waals surface area (Å²) in [6.45, 7) is 2.52. The van der Waals surface area contributed by atoms with Crippen LogP contribution in [0.15, 0.2) is 23.1 Å². The van der Waals surface area contributed by atoms with E-state index in [0.717, 1.165) is 25.3 Å². The van der Waals surface area contributed by atoms with E-state index in [1.165, 1.54) is 12.1 Å². The van der Waals surface area contributed by atoms with Crippen LogP contribution < -0.4 is 10.5 Å². The molecular weight excluding hydrogens is 267 g/mol. The Morgan fingerprint density at radius 2 is 2.11 bits per heavy atom. The molecule has 2 rings (SSSR count). The standard InChI is InChI=1S/C13H19FN2O2S/c1-2-13(5-6-13)9-16-19(17,18)12-7-11(14)4-3-10(12)8-15/h3-4,7,16H,2,5-6,8-9,15H2,1H3. The third kappa shape index (κ3) is 3.13. The van der Waals surface area contributed by atoms with Crippen LogP contribution in [0.2, 0.25) is 0 Å². The van der Waals surface area contributed by atoms with Crippen molar-refractivity contribution in [3.8, 4) is 0 Å². The molecule has 0 radical (unpaired) electrons. The number of sulfonamides is 1. The SMILES string of the molecule is CCC1(CNS(=O)(=O)c2cc(F)ccc2CN)CC1. The summed E-state index contributed by atoms with van der Waals surface area (Å²) in [7, 11) is -3.70. The van der Waals surface area contributed by atoms with Gasteiger partial charge in [0.1, 0.15) is 5.82 Å². The zero-order chi connectivity index (χ0) is 14.1. The Bertz CT molecular complexity index is 568. The molecule has 1 aliphatic rings. The molecule has 0 aliphatic heterocycles. The summed E-state index contributed by atoms with van der Waals surface area (Å²) in [5.74, 6) is -0.575. The molecule has 3 N–H and O–H groups in total. The number of hydrogen-bond acceptors (Lipinski definition) is 3. The highest BCUT2D eigenvalue weighted by Crippen LogP contribution is 2.48. The first kappa shape index (κ1) is 14.4. The van der Waals surface area contributed by atoms with Gasteiger partial charge in [0.2, 0.25) is 10.0 Å². The first-order valence-corrected chi connectivity index (χ1v) is 7.89. The molecule has 0 aromatic heterocycles. The molecule has 1 aliphatic carbocycles. The van der Waals surface area contributed by atoms with E-state index in [1.807, 2.05) is 0 Å². The van der Waals surface area contributed by atoms with Crippen LogP contribution in [0, 0.1) is 11.2 Å². The monoisotopic (exact) mass is 286 g/mol. The second-order valence-electron chi connectivity index (χ2n) is 5.13. The van der Waals surface area contributed by atoms with Gasteiger partial charge in [-0.3, -0.25) is 0 Å². The Morgan fingerprint density at radius 3 is 2.63 bits per heavy atom. The fourth-order valence-electron chi connectivity index (χ4n) is 2.11. The third-order valence-electron chi connectivity index (χ3n) is 3.88. The maximum Gasteiger partial charge on any atom is 0.241 e. The van der Waals surface area contributed by atoms with Crippen molar-refractivity contribution in [1.29, 1.82) is 0 Å². The topological polar surface area (TPSA) is 72.2 Å². The highest BCUT2D eigenvalue weighted by molar-refractivity contribution is 7.89. The van der Waals surface area contributed by atoms with Crippen LogP contribution in [0.1, 0.15) is 31.7 Å². The van der Waals surface area contributed by atoms with Gasteiger partial charge in [-0.15, -0.1) is 0 Å². The number of rotatable bonds is 6. The van der Waals surface area contributed by atoms with Gasteiger partial charge < -0.3 is 5.73 Å². The van der Waals surface area contributed by atoms with Crippen molar-refractivity contribution in [2.24, 2.45) is 11.1 Å². The second kappa shape index (κ2) is 5.19. The lowest BCUT2D eigenvalue weighted by atomic mass is 10.1. The first-order chi connectivity index (χ1) is 8.92. The molecule has 1 aromatic carbocycles. The lowest BCUT2D eigenvalue weighted by molar-refractivity contribution is 0.475. The highest BCUT2D eigenvalue weighted by Gasteiger charge is 2.41. The van der Waals surface area contributed by atoms with Crippen LogP contribution >= 0.6 is 0 Å². The van der Waals surface area contributed by atoms with E-state index in [9.17, 15) is 12.8 Å². The fraction of sp³-hybridized carbons (Fsp3) is 0.538. The molecule has 0 saturated heterocycles. The molecule has 0 atom stereocenters. The molecule has 0 spiro atoms. The smallest absolute Gasteiger partial charge is 0.241 e. The van der Waals surface area contributed by atoms with Crippen LogP contribution in [0.25, 0.3) is 0 Å². The Hall–Kier alpha value is -0.980. The normalized spacial score (nSPS) is 17.4. The van der Waals surface area contributed by atoms with Crippen LogP contribution in [-0.4, -0.2) is 15.0 Å². The van der Waals surface area contributed by atoms with Crippen molar-refractivity contribution in [1.82, 2.24) is 4.72 Å². The van der Waals surface area contributed by atoms with Gasteiger partial charge in [0.05, 0.1) is 4.90 Å². The Morgan fingerprint density at radius 1 is 1.42 bits per heavy atom. The van der Waals surface area contributed by atoms with Crippen molar-refractivity contribution in [2.75, 3.05) is 6.54 Å². The summed E-state index contributed by atoms with van der Waals surface area (Å²) >= 11 is 0. The van der Waals surface area contributed by atoms with Gasteiger partial charge in [-0.2, -0.15) is 0 Å². The Balaban J connectivity index is 2.21. The maximum absolute atomic E-state index is 13.2. The van der Waals surface area contributed by atoms with E-state index in [-0.39, 0.29) is 16.9 Å². The summed E-state index contributed by atoms with van der Waals surface area (Å²) < 4.78 is 40.3. The zero-order valence-corrected chi connectivity index (χ0v) is 11.8. The largest absolute Gasteiger partial charge is 0.326 e. The average molecular weight is 286 g/mol. The molecular formula is C13H19FN2O2S. The van der Waals surface area contributed by atoms with E-state index < -0.39 is 15.8 Å². The van der Waals surface area contributed by atoms with Gasteiger partial charge in [-0.1, -0.05) is 13.0 Å². The minimum absolute atomic E-state index is 0.0538. The quantitative estimate of drug-likeness (QED) is 0.837. The number of nitrogens with two attached hydrogens (primary N) is 1. The molecule has 0 heterocycles. The van der Waals surface area contributed by atoms with Crippen molar-refractivity contribution >= 4 is 10.0 Å². The van der Waals surface area contributed by atoms with Gasteiger partial charge in [-0.25, -0.2) is 17.5 Å². The van der Waals surface area contributed by atoms with Crippen molar-refractivity contribution in [3.63, 3.8) is 0 Å². The molecule has 1 aromatic rings. The maximum atomic E-state index is 13.2. The van der Waals surface area contributed by atoms with E-state index in [4.69, 9.17) is 5.73 Å². The predicted octanol–water partition coefficient (Wildman–Crippen LogP) is 1.75. The van der Waals surface area contributed by atoms with Crippen molar-refractivity contribution in [2.45, 2.75) is 37.6 Å². The van der Waals surface area contributed by atoms with Crippen LogP contribution in [-0.2, 0) is 16.6 Å². The minimum Gasteiger partial charge on any atom is -0.326 e. The van der Waals surface area contributed by atoms with Crippen LogP contribution in [0.3, 0.4) is 0 Å².